The highest BCUT2D eigenvalue weighted by Crippen LogP contribution is 2.25. The number of hydrogen-bond donors (Lipinski definition) is 2. The molecule has 0 radical (unpaired) electrons. The average molecular weight is 340 g/mol. The fourth-order valence-corrected chi connectivity index (χ4v) is 4.42. The summed E-state index contributed by atoms with van der Waals surface area (Å²) in [5, 5.41) is 9.69. The summed E-state index contributed by atoms with van der Waals surface area (Å²) < 4.78 is 27.3. The van der Waals surface area contributed by atoms with Crippen molar-refractivity contribution in [2.45, 2.75) is 30.5 Å². The average Bonchev–Trinajstić information content (AvgIpc) is 2.85. The van der Waals surface area contributed by atoms with Gasteiger partial charge in [-0.15, -0.1) is 11.3 Å². The van der Waals surface area contributed by atoms with Gasteiger partial charge in [0.15, 0.2) is 4.21 Å². The van der Waals surface area contributed by atoms with Gasteiger partial charge in [0.1, 0.15) is 0 Å². The van der Waals surface area contributed by atoms with E-state index >= 15 is 0 Å². The van der Waals surface area contributed by atoms with Gasteiger partial charge in [-0.2, -0.15) is 0 Å². The first-order valence-corrected chi connectivity index (χ1v) is 8.81. The zero-order chi connectivity index (χ0) is 16.3. The Morgan fingerprint density at radius 1 is 1.36 bits per heavy atom. The van der Waals surface area contributed by atoms with Gasteiger partial charge in [0.2, 0.25) is 0 Å². The third-order valence-electron chi connectivity index (χ3n) is 3.10. The van der Waals surface area contributed by atoms with Gasteiger partial charge >= 0.3 is 5.97 Å². The second kappa shape index (κ2) is 6.55. The summed E-state index contributed by atoms with van der Waals surface area (Å²) in [7, 11) is -3.81. The molecule has 0 bridgehead atoms. The molecule has 0 aliphatic rings. The van der Waals surface area contributed by atoms with Crippen LogP contribution < -0.4 is 4.72 Å². The Hall–Kier alpha value is -1.77. The van der Waals surface area contributed by atoms with Gasteiger partial charge in [-0.25, -0.2) is 18.1 Å². The van der Waals surface area contributed by atoms with Gasteiger partial charge in [0.25, 0.3) is 10.0 Å². The van der Waals surface area contributed by atoms with Crippen molar-refractivity contribution in [1.29, 1.82) is 0 Å². The quantitative estimate of drug-likeness (QED) is 0.841. The van der Waals surface area contributed by atoms with Gasteiger partial charge in [0, 0.05) is 0 Å². The topological polar surface area (TPSA) is 96.4 Å². The van der Waals surface area contributed by atoms with Gasteiger partial charge in [0.05, 0.1) is 23.7 Å². The third-order valence-corrected chi connectivity index (χ3v) is 5.95. The second-order valence-corrected chi connectivity index (χ2v) is 8.00. The van der Waals surface area contributed by atoms with E-state index in [0.29, 0.717) is 10.6 Å². The number of nitrogens with one attached hydrogen (secondary N) is 1. The fraction of sp³-hybridized carbons (Fsp3) is 0.286. The molecule has 8 heteroatoms. The third kappa shape index (κ3) is 3.90. The number of carboxylic acid groups (broad SMARTS) is 1. The Kier molecular flexibility index (Phi) is 4.94. The smallest absolute Gasteiger partial charge is 0.305 e. The highest BCUT2D eigenvalue weighted by Gasteiger charge is 2.25. The Morgan fingerprint density at radius 2 is 2.05 bits per heavy atom. The van der Waals surface area contributed by atoms with Crippen molar-refractivity contribution >= 4 is 27.3 Å². The van der Waals surface area contributed by atoms with Crippen LogP contribution in [0, 0.1) is 13.8 Å². The normalized spacial score (nSPS) is 13.0. The van der Waals surface area contributed by atoms with Gasteiger partial charge in [-0.1, -0.05) is 24.3 Å². The summed E-state index contributed by atoms with van der Waals surface area (Å²) in [5.74, 6) is -1.07. The summed E-state index contributed by atoms with van der Waals surface area (Å²) in [6, 6.07) is 6.28. The Balaban J connectivity index is 2.35. The van der Waals surface area contributed by atoms with Crippen LogP contribution in [-0.4, -0.2) is 24.5 Å². The first-order chi connectivity index (χ1) is 10.3. The molecule has 0 aliphatic carbocycles. The van der Waals surface area contributed by atoms with E-state index in [-0.39, 0.29) is 10.6 Å². The molecule has 2 rings (SSSR count). The molecule has 1 heterocycles. The van der Waals surface area contributed by atoms with Crippen molar-refractivity contribution in [2.24, 2.45) is 0 Å². The Labute approximate surface area is 132 Å². The molecule has 22 heavy (non-hydrogen) atoms. The zero-order valence-electron chi connectivity index (χ0n) is 12.1. The molecule has 0 fully saturated rings. The van der Waals surface area contributed by atoms with E-state index in [4.69, 9.17) is 5.11 Å². The van der Waals surface area contributed by atoms with E-state index in [1.807, 2.05) is 19.1 Å². The number of sulfonamides is 1. The Bertz CT molecular complexity index is 784. The van der Waals surface area contributed by atoms with Crippen LogP contribution >= 0.6 is 11.3 Å². The van der Waals surface area contributed by atoms with E-state index in [0.717, 1.165) is 16.9 Å². The zero-order valence-corrected chi connectivity index (χ0v) is 13.7. The van der Waals surface area contributed by atoms with E-state index in [9.17, 15) is 13.2 Å². The van der Waals surface area contributed by atoms with Crippen LogP contribution in [0.25, 0.3) is 0 Å². The first kappa shape index (κ1) is 16.6. The maximum atomic E-state index is 12.4. The number of benzene rings is 1. The van der Waals surface area contributed by atoms with E-state index in [1.165, 1.54) is 6.20 Å². The molecule has 1 aromatic carbocycles. The highest BCUT2D eigenvalue weighted by atomic mass is 32.2. The number of aromatic nitrogens is 1. The number of nitrogens with zero attached hydrogens (tertiary/aromatic N) is 1. The molecule has 2 N–H and O–H groups in total. The molecule has 6 nitrogen and oxygen atoms in total. The highest BCUT2D eigenvalue weighted by molar-refractivity contribution is 7.91. The lowest BCUT2D eigenvalue weighted by Crippen LogP contribution is -2.30. The van der Waals surface area contributed by atoms with Crippen molar-refractivity contribution < 1.29 is 18.3 Å². The van der Waals surface area contributed by atoms with Gasteiger partial charge in [-0.3, -0.25) is 4.79 Å². The summed E-state index contributed by atoms with van der Waals surface area (Å²) in [5.41, 5.74) is 1.48. The lowest BCUT2D eigenvalue weighted by Gasteiger charge is -2.18. The van der Waals surface area contributed by atoms with E-state index in [2.05, 4.69) is 9.71 Å². The lowest BCUT2D eigenvalue weighted by atomic mass is 10.00. The molecular formula is C14H16N2O4S2. The number of rotatable bonds is 6. The van der Waals surface area contributed by atoms with Crippen LogP contribution in [0.3, 0.4) is 0 Å². The molecule has 0 saturated carbocycles. The van der Waals surface area contributed by atoms with Crippen molar-refractivity contribution in [3.63, 3.8) is 0 Å². The number of carbonyl (C=O) groups is 1. The molecule has 118 valence electrons. The standard InChI is InChI=1S/C14H16N2O4S2/c1-9-5-3-4-6-11(9)12(7-13(17)18)16-22(19,20)14-8-15-10(2)21-14/h3-6,8,12,16H,7H2,1-2H3,(H,17,18). The predicted octanol–water partition coefficient (Wildman–Crippen LogP) is 2.25. The maximum absolute atomic E-state index is 12.4. The largest absolute Gasteiger partial charge is 0.481 e. The molecule has 0 spiro atoms. The summed E-state index contributed by atoms with van der Waals surface area (Å²) in [6.07, 6.45) is 0.944. The molecule has 0 aliphatic heterocycles. The monoisotopic (exact) mass is 340 g/mol. The predicted molar refractivity (Wildman–Crippen MR) is 83.3 cm³/mol. The molecular weight excluding hydrogens is 324 g/mol. The number of carboxylic acids is 1. The number of aliphatic carboxylic acids is 1. The van der Waals surface area contributed by atoms with E-state index < -0.39 is 22.0 Å². The summed E-state index contributed by atoms with van der Waals surface area (Å²) in [6.45, 7) is 3.52. The fourth-order valence-electron chi connectivity index (χ4n) is 2.08. The first-order valence-electron chi connectivity index (χ1n) is 6.51. The van der Waals surface area contributed by atoms with Crippen LogP contribution in [0.1, 0.15) is 28.6 Å². The van der Waals surface area contributed by atoms with Crippen LogP contribution in [-0.2, 0) is 14.8 Å². The SMILES string of the molecule is Cc1ncc(S(=O)(=O)NC(CC(=O)O)c2ccccc2C)s1. The van der Waals surface area contributed by atoms with Gasteiger partial charge < -0.3 is 5.11 Å². The van der Waals surface area contributed by atoms with Crippen molar-refractivity contribution in [3.05, 3.63) is 46.6 Å². The van der Waals surface area contributed by atoms with Crippen molar-refractivity contribution in [2.75, 3.05) is 0 Å². The molecule has 2 aromatic rings. The maximum Gasteiger partial charge on any atom is 0.305 e. The summed E-state index contributed by atoms with van der Waals surface area (Å²) in [4.78, 5) is 15.0. The second-order valence-electron chi connectivity index (χ2n) is 4.83. The van der Waals surface area contributed by atoms with Crippen molar-refractivity contribution in [1.82, 2.24) is 9.71 Å². The van der Waals surface area contributed by atoms with Crippen LogP contribution in [0.5, 0.6) is 0 Å². The Morgan fingerprint density at radius 3 is 2.59 bits per heavy atom. The minimum atomic E-state index is -3.81. The van der Waals surface area contributed by atoms with Crippen LogP contribution in [0.4, 0.5) is 0 Å². The molecule has 1 aromatic heterocycles. The number of hydrogen-bond acceptors (Lipinski definition) is 5. The number of aryl methyl sites for hydroxylation is 2. The molecule has 1 unspecified atom stereocenters. The van der Waals surface area contributed by atoms with Crippen LogP contribution in [0.15, 0.2) is 34.7 Å². The molecule has 1 atom stereocenters. The minimum absolute atomic E-state index is 0.0778. The van der Waals surface area contributed by atoms with Crippen LogP contribution in [0.2, 0.25) is 0 Å². The molecule has 0 amide bonds. The lowest BCUT2D eigenvalue weighted by molar-refractivity contribution is -0.137. The summed E-state index contributed by atoms with van der Waals surface area (Å²) >= 11 is 1.05. The number of thiazole rings is 1. The molecule has 0 saturated heterocycles. The van der Waals surface area contributed by atoms with Crippen molar-refractivity contribution in [3.8, 4) is 0 Å². The van der Waals surface area contributed by atoms with E-state index in [1.54, 1.807) is 19.1 Å². The van der Waals surface area contributed by atoms with Gasteiger partial charge in [-0.05, 0) is 25.0 Å². The minimum Gasteiger partial charge on any atom is -0.481 e.